The molecule has 0 spiro atoms. The van der Waals surface area contributed by atoms with Gasteiger partial charge in [-0.15, -0.1) is 0 Å². The van der Waals surface area contributed by atoms with E-state index in [9.17, 15) is 0 Å². The van der Waals surface area contributed by atoms with E-state index in [0.717, 1.165) is 72.8 Å². The molecule has 262 valence electrons. The molecular formula is C50H32N6. The fourth-order valence-electron chi connectivity index (χ4n) is 8.16. The topological polar surface area (TPSA) is 61.4 Å². The molecule has 0 saturated heterocycles. The van der Waals surface area contributed by atoms with Gasteiger partial charge in [-0.25, -0.2) is 9.97 Å². The van der Waals surface area contributed by atoms with E-state index in [1.165, 1.54) is 27.4 Å². The Bertz CT molecular complexity index is 3160. The van der Waals surface area contributed by atoms with Crippen LogP contribution in [0.5, 0.6) is 0 Å². The van der Waals surface area contributed by atoms with Gasteiger partial charge in [0.05, 0.1) is 39.3 Å². The first-order chi connectivity index (χ1) is 27.8. The zero-order valence-corrected chi connectivity index (χ0v) is 30.2. The van der Waals surface area contributed by atoms with E-state index >= 15 is 0 Å². The Balaban J connectivity index is 1.08. The van der Waals surface area contributed by atoms with Crippen LogP contribution in [-0.2, 0) is 0 Å². The van der Waals surface area contributed by atoms with Crippen molar-refractivity contribution in [2.45, 2.75) is 0 Å². The Morgan fingerprint density at radius 1 is 0.339 bits per heavy atom. The molecule has 0 atom stereocenters. The largest absolute Gasteiger partial charge is 0.309 e. The average Bonchev–Trinajstić information content (AvgIpc) is 3.80. The van der Waals surface area contributed by atoms with E-state index in [4.69, 9.17) is 9.97 Å². The second-order valence-corrected chi connectivity index (χ2v) is 13.9. The molecule has 5 aromatic carbocycles. The predicted octanol–water partition coefficient (Wildman–Crippen LogP) is 12.1. The van der Waals surface area contributed by atoms with Gasteiger partial charge in [-0.05, 0) is 102 Å². The summed E-state index contributed by atoms with van der Waals surface area (Å²) in [6, 6.07) is 61.7. The number of benzene rings is 5. The van der Waals surface area contributed by atoms with Crippen LogP contribution in [0.2, 0.25) is 0 Å². The summed E-state index contributed by atoms with van der Waals surface area (Å²) >= 11 is 0. The Hall–Kier alpha value is -7.70. The molecule has 56 heavy (non-hydrogen) atoms. The molecule has 6 heterocycles. The highest BCUT2D eigenvalue weighted by Crippen LogP contribution is 2.40. The number of para-hydroxylation sites is 3. The van der Waals surface area contributed by atoms with Crippen molar-refractivity contribution in [2.24, 2.45) is 0 Å². The molecule has 0 amide bonds. The van der Waals surface area contributed by atoms with Crippen molar-refractivity contribution in [1.82, 2.24) is 29.1 Å². The summed E-state index contributed by atoms with van der Waals surface area (Å²) in [5.74, 6) is 0. The van der Waals surface area contributed by atoms with Crippen LogP contribution in [0.1, 0.15) is 0 Å². The van der Waals surface area contributed by atoms with Crippen molar-refractivity contribution >= 4 is 43.7 Å². The highest BCUT2D eigenvalue weighted by molar-refractivity contribution is 6.15. The molecule has 0 aliphatic rings. The smallest absolute Gasteiger partial charge is 0.145 e. The maximum atomic E-state index is 4.97. The van der Waals surface area contributed by atoms with Crippen LogP contribution >= 0.6 is 0 Å². The second kappa shape index (κ2) is 13.0. The third-order valence-electron chi connectivity index (χ3n) is 10.7. The van der Waals surface area contributed by atoms with Crippen LogP contribution in [0.15, 0.2) is 195 Å². The summed E-state index contributed by atoms with van der Waals surface area (Å²) in [7, 11) is 0. The molecule has 11 rings (SSSR count). The number of aromatic nitrogens is 6. The summed E-state index contributed by atoms with van der Waals surface area (Å²) in [6.07, 6.45) is 5.47. The van der Waals surface area contributed by atoms with Gasteiger partial charge in [0.1, 0.15) is 5.65 Å². The van der Waals surface area contributed by atoms with E-state index in [2.05, 4.69) is 153 Å². The van der Waals surface area contributed by atoms with Crippen molar-refractivity contribution in [1.29, 1.82) is 0 Å². The van der Waals surface area contributed by atoms with Gasteiger partial charge < -0.3 is 4.57 Å². The molecule has 0 radical (unpaired) electrons. The third kappa shape index (κ3) is 5.19. The van der Waals surface area contributed by atoms with Crippen LogP contribution in [0.3, 0.4) is 0 Å². The Morgan fingerprint density at radius 2 is 0.964 bits per heavy atom. The minimum atomic E-state index is 0.799. The van der Waals surface area contributed by atoms with Gasteiger partial charge in [0.15, 0.2) is 0 Å². The molecule has 6 aromatic heterocycles. The SMILES string of the molecule is c1ccc(-n2c3ccccc3c3cccc(-c4ccc5c6cccnc6n(-c6ccc(-c7cc(-c8ccccn8)nc(-c8ccccn8)c7)cc6)c5c4)c32)cc1. The standard InChI is InChI=1S/C50H32N6/c1-2-12-36(13-3-1)55-47-20-5-4-14-39(47)41-16-10-15-38(49(41)55)34-23-26-40-42-17-11-29-53-50(42)56(48(40)32-34)37-24-21-33(22-25-37)35-30-45(43-18-6-8-27-51-43)54-46(31-35)44-19-7-9-28-52-44/h1-32H. The zero-order valence-electron chi connectivity index (χ0n) is 30.2. The summed E-state index contributed by atoms with van der Waals surface area (Å²) in [5.41, 5.74) is 14.2. The number of nitrogens with zero attached hydrogens (tertiary/aromatic N) is 6. The van der Waals surface area contributed by atoms with Crippen LogP contribution in [-0.4, -0.2) is 29.1 Å². The first kappa shape index (κ1) is 31.8. The predicted molar refractivity (Wildman–Crippen MR) is 228 cm³/mol. The molecule has 0 fully saturated rings. The molecule has 0 N–H and O–H groups in total. The third-order valence-corrected chi connectivity index (χ3v) is 10.7. The summed E-state index contributed by atoms with van der Waals surface area (Å²) in [6.45, 7) is 0. The summed E-state index contributed by atoms with van der Waals surface area (Å²) < 4.78 is 4.69. The van der Waals surface area contributed by atoms with Crippen LogP contribution in [0.25, 0.3) is 100 Å². The molecule has 0 aliphatic carbocycles. The van der Waals surface area contributed by atoms with E-state index in [0.29, 0.717) is 0 Å². The molecule has 0 bridgehead atoms. The molecule has 0 unspecified atom stereocenters. The minimum absolute atomic E-state index is 0.799. The fraction of sp³-hybridized carbons (Fsp3) is 0. The van der Waals surface area contributed by atoms with Gasteiger partial charge in [0, 0.05) is 57.1 Å². The number of fused-ring (bicyclic) bond motifs is 6. The van der Waals surface area contributed by atoms with E-state index < -0.39 is 0 Å². The molecule has 0 aliphatic heterocycles. The minimum Gasteiger partial charge on any atom is -0.309 e. The van der Waals surface area contributed by atoms with Gasteiger partial charge in [0.25, 0.3) is 0 Å². The summed E-state index contributed by atoms with van der Waals surface area (Å²) in [4.78, 5) is 19.1. The second-order valence-electron chi connectivity index (χ2n) is 13.9. The fourth-order valence-corrected chi connectivity index (χ4v) is 8.16. The number of hydrogen-bond donors (Lipinski definition) is 0. The number of hydrogen-bond acceptors (Lipinski definition) is 4. The molecule has 0 saturated carbocycles. The van der Waals surface area contributed by atoms with Crippen LogP contribution in [0.4, 0.5) is 0 Å². The van der Waals surface area contributed by atoms with Gasteiger partial charge in [-0.2, -0.15) is 0 Å². The quantitative estimate of drug-likeness (QED) is 0.172. The normalized spacial score (nSPS) is 11.6. The van der Waals surface area contributed by atoms with Gasteiger partial charge in [0.2, 0.25) is 0 Å². The van der Waals surface area contributed by atoms with Crippen LogP contribution < -0.4 is 0 Å². The Morgan fingerprint density at radius 3 is 1.71 bits per heavy atom. The first-order valence-corrected chi connectivity index (χ1v) is 18.7. The van der Waals surface area contributed by atoms with Crippen molar-refractivity contribution in [3.05, 3.63) is 195 Å². The van der Waals surface area contributed by atoms with Crippen molar-refractivity contribution in [3.63, 3.8) is 0 Å². The number of rotatable bonds is 6. The number of pyridine rings is 4. The lowest BCUT2D eigenvalue weighted by Crippen LogP contribution is -1.97. The summed E-state index contributed by atoms with van der Waals surface area (Å²) in [5, 5.41) is 4.74. The average molecular weight is 717 g/mol. The van der Waals surface area contributed by atoms with Crippen molar-refractivity contribution in [3.8, 4) is 56.4 Å². The zero-order chi connectivity index (χ0) is 37.0. The molecule has 11 aromatic rings. The van der Waals surface area contributed by atoms with Crippen LogP contribution in [0, 0.1) is 0 Å². The maximum Gasteiger partial charge on any atom is 0.145 e. The van der Waals surface area contributed by atoms with Crippen molar-refractivity contribution < 1.29 is 0 Å². The van der Waals surface area contributed by atoms with E-state index in [1.54, 1.807) is 12.4 Å². The van der Waals surface area contributed by atoms with Crippen molar-refractivity contribution in [2.75, 3.05) is 0 Å². The first-order valence-electron chi connectivity index (χ1n) is 18.7. The Kier molecular flexibility index (Phi) is 7.38. The highest BCUT2D eigenvalue weighted by atomic mass is 15.0. The molecular weight excluding hydrogens is 685 g/mol. The maximum absolute atomic E-state index is 4.97. The van der Waals surface area contributed by atoms with E-state index in [1.807, 2.05) is 48.7 Å². The van der Waals surface area contributed by atoms with Gasteiger partial charge >= 0.3 is 0 Å². The monoisotopic (exact) mass is 716 g/mol. The lowest BCUT2D eigenvalue weighted by atomic mass is 10.00. The molecule has 6 heteroatoms. The lowest BCUT2D eigenvalue weighted by Gasteiger charge is -2.13. The lowest BCUT2D eigenvalue weighted by molar-refractivity contribution is 1.14. The van der Waals surface area contributed by atoms with Gasteiger partial charge in [-0.3, -0.25) is 14.5 Å². The van der Waals surface area contributed by atoms with E-state index in [-0.39, 0.29) is 0 Å². The molecule has 6 nitrogen and oxygen atoms in total. The Labute approximate surface area is 322 Å². The van der Waals surface area contributed by atoms with Gasteiger partial charge in [-0.1, -0.05) is 91.0 Å². The highest BCUT2D eigenvalue weighted by Gasteiger charge is 2.19.